The molecule has 0 saturated carbocycles. The molecular weight excluding hydrogens is 424 g/mol. The van der Waals surface area contributed by atoms with E-state index >= 15 is 0 Å². The van der Waals surface area contributed by atoms with Gasteiger partial charge in [0.1, 0.15) is 5.00 Å². The molecule has 0 aliphatic heterocycles. The third-order valence-electron chi connectivity index (χ3n) is 4.21. The molecule has 2 amide bonds. The Kier molecular flexibility index (Phi) is 6.68. The molecule has 30 heavy (non-hydrogen) atoms. The first-order valence-electron chi connectivity index (χ1n) is 9.26. The van der Waals surface area contributed by atoms with E-state index in [9.17, 15) is 14.4 Å². The molecule has 0 radical (unpaired) electrons. The van der Waals surface area contributed by atoms with Crippen LogP contribution < -0.4 is 5.32 Å². The molecule has 0 aliphatic rings. The van der Waals surface area contributed by atoms with Crippen molar-refractivity contribution >= 4 is 45.5 Å². The molecule has 0 aliphatic carbocycles. The van der Waals surface area contributed by atoms with Crippen molar-refractivity contribution in [2.24, 2.45) is 0 Å². The minimum Gasteiger partial charge on any atom is -0.462 e. The number of nitrogens with zero attached hydrogens (tertiary/aromatic N) is 2. The fourth-order valence-corrected chi connectivity index (χ4v) is 4.59. The van der Waals surface area contributed by atoms with E-state index in [1.807, 2.05) is 24.4 Å². The Balaban J connectivity index is 1.91. The highest BCUT2D eigenvalue weighted by molar-refractivity contribution is 7.18. The van der Waals surface area contributed by atoms with Crippen molar-refractivity contribution in [2.45, 2.75) is 20.3 Å². The monoisotopic (exact) mass is 446 g/mol. The van der Waals surface area contributed by atoms with Crippen molar-refractivity contribution in [1.82, 2.24) is 15.1 Å². The van der Waals surface area contributed by atoms with Crippen molar-refractivity contribution in [3.63, 3.8) is 0 Å². The van der Waals surface area contributed by atoms with Gasteiger partial charge in [-0.15, -0.1) is 22.7 Å². The van der Waals surface area contributed by atoms with Crippen LogP contribution in [0.3, 0.4) is 0 Å². The van der Waals surface area contributed by atoms with Gasteiger partial charge in [-0.3, -0.25) is 14.7 Å². The van der Waals surface area contributed by atoms with Crippen molar-refractivity contribution in [3.05, 3.63) is 45.3 Å². The Morgan fingerprint density at radius 1 is 1.30 bits per heavy atom. The van der Waals surface area contributed by atoms with Gasteiger partial charge in [0.05, 0.1) is 27.6 Å². The molecule has 3 rings (SSSR count). The lowest BCUT2D eigenvalue weighted by atomic mass is 10.1. The molecule has 3 aromatic heterocycles. The van der Waals surface area contributed by atoms with E-state index in [-0.39, 0.29) is 28.8 Å². The number of nitrogens with one attached hydrogen (secondary N) is 2. The van der Waals surface area contributed by atoms with E-state index < -0.39 is 11.9 Å². The molecular formula is C20H22N4O4S2. The molecule has 0 atom stereocenters. The topological polar surface area (TPSA) is 104 Å². The van der Waals surface area contributed by atoms with Crippen LogP contribution in [0.25, 0.3) is 10.6 Å². The van der Waals surface area contributed by atoms with Crippen LogP contribution in [0.2, 0.25) is 0 Å². The van der Waals surface area contributed by atoms with Crippen molar-refractivity contribution < 1.29 is 19.1 Å². The summed E-state index contributed by atoms with van der Waals surface area (Å²) in [5.41, 5.74) is 1.58. The fourth-order valence-electron chi connectivity index (χ4n) is 2.68. The number of anilines is 1. The van der Waals surface area contributed by atoms with Gasteiger partial charge in [0.2, 0.25) is 0 Å². The van der Waals surface area contributed by atoms with E-state index in [0.717, 1.165) is 21.9 Å². The Morgan fingerprint density at radius 3 is 2.70 bits per heavy atom. The molecule has 0 fully saturated rings. The number of amides is 2. The first-order chi connectivity index (χ1) is 14.3. The molecule has 10 heteroatoms. The number of hydrogen-bond acceptors (Lipinski definition) is 7. The predicted molar refractivity (Wildman–Crippen MR) is 118 cm³/mol. The van der Waals surface area contributed by atoms with Crippen LogP contribution >= 0.6 is 22.7 Å². The number of thiophene rings is 2. The lowest BCUT2D eigenvalue weighted by Crippen LogP contribution is -2.21. The van der Waals surface area contributed by atoms with Gasteiger partial charge >= 0.3 is 5.97 Å². The average molecular weight is 447 g/mol. The Bertz CT molecular complexity index is 1070. The highest BCUT2D eigenvalue weighted by Gasteiger charge is 2.28. The zero-order valence-electron chi connectivity index (χ0n) is 17.1. The van der Waals surface area contributed by atoms with E-state index in [0.29, 0.717) is 16.9 Å². The molecule has 158 valence electrons. The minimum atomic E-state index is -0.569. The van der Waals surface area contributed by atoms with Gasteiger partial charge in [-0.25, -0.2) is 4.79 Å². The van der Waals surface area contributed by atoms with Crippen molar-refractivity contribution in [1.29, 1.82) is 0 Å². The Hall–Kier alpha value is -2.98. The summed E-state index contributed by atoms with van der Waals surface area (Å²) < 4.78 is 5.26. The van der Waals surface area contributed by atoms with Crippen LogP contribution in [0.15, 0.2) is 23.6 Å². The SMILES string of the molecule is CCCOC(=O)c1c(NC(=O)c2cc(-c3cccs3)[nH]n2)sc(C(=O)N(C)C)c1C. The summed E-state index contributed by atoms with van der Waals surface area (Å²) in [5, 5.41) is 11.8. The smallest absolute Gasteiger partial charge is 0.341 e. The van der Waals surface area contributed by atoms with Gasteiger partial charge in [0.25, 0.3) is 11.8 Å². The predicted octanol–water partition coefficient (Wildman–Crippen LogP) is 4.03. The number of ether oxygens (including phenoxy) is 1. The third-order valence-corrected chi connectivity index (χ3v) is 6.31. The Labute approximate surface area is 181 Å². The van der Waals surface area contributed by atoms with Gasteiger partial charge in [0, 0.05) is 14.1 Å². The fraction of sp³-hybridized carbons (Fsp3) is 0.300. The highest BCUT2D eigenvalue weighted by Crippen LogP contribution is 2.35. The zero-order valence-corrected chi connectivity index (χ0v) is 18.7. The summed E-state index contributed by atoms with van der Waals surface area (Å²) in [7, 11) is 3.26. The van der Waals surface area contributed by atoms with E-state index in [1.54, 1.807) is 27.1 Å². The second-order valence-corrected chi connectivity index (χ2v) is 8.66. The maximum absolute atomic E-state index is 12.8. The average Bonchev–Trinajstić information content (AvgIpc) is 3.45. The molecule has 2 N–H and O–H groups in total. The summed E-state index contributed by atoms with van der Waals surface area (Å²) in [6, 6.07) is 5.47. The quantitative estimate of drug-likeness (QED) is 0.533. The van der Waals surface area contributed by atoms with E-state index in [4.69, 9.17) is 4.74 Å². The molecule has 0 spiro atoms. The molecule has 3 aromatic rings. The maximum Gasteiger partial charge on any atom is 0.341 e. The second-order valence-electron chi connectivity index (χ2n) is 6.69. The third kappa shape index (κ3) is 4.44. The number of aromatic nitrogens is 2. The van der Waals surface area contributed by atoms with E-state index in [1.165, 1.54) is 16.2 Å². The lowest BCUT2D eigenvalue weighted by Gasteiger charge is -2.09. The Morgan fingerprint density at radius 2 is 2.07 bits per heavy atom. The largest absolute Gasteiger partial charge is 0.462 e. The van der Waals surface area contributed by atoms with Gasteiger partial charge < -0.3 is 15.0 Å². The number of rotatable bonds is 7. The summed E-state index contributed by atoms with van der Waals surface area (Å²) in [4.78, 5) is 40.7. The van der Waals surface area contributed by atoms with Crippen LogP contribution in [-0.4, -0.2) is 53.6 Å². The van der Waals surface area contributed by atoms with Gasteiger partial charge in [0.15, 0.2) is 5.69 Å². The molecule has 8 nitrogen and oxygen atoms in total. The normalized spacial score (nSPS) is 10.7. The second kappa shape index (κ2) is 9.23. The zero-order chi connectivity index (χ0) is 21.8. The van der Waals surface area contributed by atoms with Crippen LogP contribution in [-0.2, 0) is 4.74 Å². The van der Waals surface area contributed by atoms with Crippen LogP contribution in [0.5, 0.6) is 0 Å². The van der Waals surface area contributed by atoms with Gasteiger partial charge in [-0.1, -0.05) is 13.0 Å². The first kappa shape index (κ1) is 21.7. The van der Waals surface area contributed by atoms with Gasteiger partial charge in [-0.2, -0.15) is 5.10 Å². The number of H-pyrrole nitrogens is 1. The maximum atomic E-state index is 12.8. The molecule has 3 heterocycles. The molecule has 0 unspecified atom stereocenters. The molecule has 0 saturated heterocycles. The number of carbonyl (C=O) groups is 3. The van der Waals surface area contributed by atoms with Crippen LogP contribution in [0.4, 0.5) is 5.00 Å². The number of aromatic amines is 1. The molecule has 0 bridgehead atoms. The number of hydrogen-bond donors (Lipinski definition) is 2. The summed E-state index contributed by atoms with van der Waals surface area (Å²) >= 11 is 2.58. The van der Waals surface area contributed by atoms with Crippen molar-refractivity contribution in [2.75, 3.05) is 26.0 Å². The summed E-state index contributed by atoms with van der Waals surface area (Å²) in [6.07, 6.45) is 0.666. The lowest BCUT2D eigenvalue weighted by molar-refractivity contribution is 0.0506. The van der Waals surface area contributed by atoms with Crippen LogP contribution in [0.1, 0.15) is 49.4 Å². The van der Waals surface area contributed by atoms with Crippen LogP contribution in [0, 0.1) is 6.92 Å². The van der Waals surface area contributed by atoms with E-state index in [2.05, 4.69) is 15.5 Å². The first-order valence-corrected chi connectivity index (χ1v) is 11.0. The van der Waals surface area contributed by atoms with Gasteiger partial charge in [-0.05, 0) is 36.4 Å². The number of carbonyl (C=O) groups excluding carboxylic acids is 3. The highest BCUT2D eigenvalue weighted by atomic mass is 32.1. The summed E-state index contributed by atoms with van der Waals surface area (Å²) in [5.74, 6) is -1.30. The molecule has 0 aromatic carbocycles. The minimum absolute atomic E-state index is 0.179. The standard InChI is InChI=1S/C20H22N4O4S2/c1-5-8-28-20(27)15-11(2)16(19(26)24(3)4)30-18(15)21-17(25)13-10-12(22-23-13)14-7-6-9-29-14/h6-7,9-10H,5,8H2,1-4H3,(H,21,25)(H,22,23). The summed E-state index contributed by atoms with van der Waals surface area (Å²) in [6.45, 7) is 3.82. The number of esters is 1. The van der Waals surface area contributed by atoms with Crippen molar-refractivity contribution in [3.8, 4) is 10.6 Å².